The summed E-state index contributed by atoms with van der Waals surface area (Å²) in [6.45, 7) is -0.279. The highest BCUT2D eigenvalue weighted by Gasteiger charge is 2.31. The number of hydrogen-bond donors (Lipinski definition) is 1. The van der Waals surface area contributed by atoms with Crippen LogP contribution in [-0.4, -0.2) is 15.5 Å². The first-order valence-corrected chi connectivity index (χ1v) is 7.46. The van der Waals surface area contributed by atoms with E-state index in [9.17, 15) is 13.6 Å². The van der Waals surface area contributed by atoms with E-state index >= 15 is 0 Å². The first kappa shape index (κ1) is 14.3. The Hall–Kier alpha value is -1.60. The van der Waals surface area contributed by atoms with Gasteiger partial charge in [0.05, 0.1) is 10.7 Å². The predicted molar refractivity (Wildman–Crippen MR) is 74.4 cm³/mol. The van der Waals surface area contributed by atoms with Gasteiger partial charge in [0, 0.05) is 18.0 Å². The smallest absolute Gasteiger partial charge is 0.265 e. The molecule has 0 bridgehead atoms. The van der Waals surface area contributed by atoms with Gasteiger partial charge in [-0.05, 0) is 36.5 Å². The van der Waals surface area contributed by atoms with Gasteiger partial charge >= 0.3 is 0 Å². The number of hydrogen-bond acceptors (Lipinski definition) is 4. The Kier molecular flexibility index (Phi) is 3.86. The molecular weight excluding hydrogens is 320 g/mol. The van der Waals surface area contributed by atoms with Gasteiger partial charge in [0.1, 0.15) is 16.5 Å². The first-order valence-electron chi connectivity index (χ1n) is 6.30. The third kappa shape index (κ3) is 2.89. The van der Waals surface area contributed by atoms with E-state index in [1.807, 2.05) is 0 Å². The largest absolute Gasteiger partial charge is 0.347 e. The summed E-state index contributed by atoms with van der Waals surface area (Å²) in [6.07, 6.45) is 1.98. The van der Waals surface area contributed by atoms with Crippen LogP contribution in [0.25, 0.3) is 0 Å². The number of halogens is 3. The van der Waals surface area contributed by atoms with Crippen molar-refractivity contribution in [3.05, 3.63) is 44.9 Å². The van der Waals surface area contributed by atoms with Crippen LogP contribution in [0.1, 0.15) is 39.7 Å². The van der Waals surface area contributed by atoms with E-state index in [2.05, 4.69) is 14.9 Å². The predicted octanol–water partition coefficient (Wildman–Crippen LogP) is 3.28. The Morgan fingerprint density at radius 1 is 1.43 bits per heavy atom. The molecule has 1 heterocycles. The Labute approximate surface area is 128 Å². The fraction of sp³-hybridized carbons (Fsp3) is 0.308. The van der Waals surface area contributed by atoms with Crippen molar-refractivity contribution in [1.29, 1.82) is 0 Å². The monoisotopic (exact) mass is 329 g/mol. The quantitative estimate of drug-likeness (QED) is 0.876. The molecule has 1 aromatic heterocycles. The van der Waals surface area contributed by atoms with Crippen LogP contribution in [0.3, 0.4) is 0 Å². The highest BCUT2D eigenvalue weighted by molar-refractivity contribution is 7.08. The summed E-state index contributed by atoms with van der Waals surface area (Å²) in [4.78, 5) is 12.5. The van der Waals surface area contributed by atoms with Crippen molar-refractivity contribution in [2.45, 2.75) is 25.3 Å². The molecule has 0 radical (unpaired) electrons. The number of aromatic nitrogens is 2. The minimum Gasteiger partial charge on any atom is -0.347 e. The van der Waals surface area contributed by atoms with Gasteiger partial charge in [-0.1, -0.05) is 16.1 Å². The van der Waals surface area contributed by atoms with Crippen LogP contribution in [0.15, 0.2) is 12.1 Å². The molecule has 0 aliphatic heterocycles. The lowest BCUT2D eigenvalue weighted by atomic mass is 10.2. The number of nitrogens with zero attached hydrogens (tertiary/aromatic N) is 2. The second kappa shape index (κ2) is 5.65. The standard InChI is InChI=1S/C13H10ClF2N3OS/c14-8-3-4-9(15)7(10(8)16)5-17-13(20)12-11(6-1-2-6)18-19-21-12/h3-4,6H,1-2,5H2,(H,17,20). The van der Waals surface area contributed by atoms with Crippen LogP contribution >= 0.6 is 23.1 Å². The Morgan fingerprint density at radius 2 is 2.19 bits per heavy atom. The summed E-state index contributed by atoms with van der Waals surface area (Å²) < 4.78 is 31.1. The van der Waals surface area contributed by atoms with Gasteiger partial charge in [0.15, 0.2) is 0 Å². The number of benzene rings is 1. The summed E-state index contributed by atoms with van der Waals surface area (Å²) in [5.74, 6) is -1.75. The van der Waals surface area contributed by atoms with Crippen molar-refractivity contribution in [2.75, 3.05) is 0 Å². The summed E-state index contributed by atoms with van der Waals surface area (Å²) in [6, 6.07) is 2.20. The molecular formula is C13H10ClF2N3OS. The van der Waals surface area contributed by atoms with E-state index in [1.165, 1.54) is 0 Å². The highest BCUT2D eigenvalue weighted by atomic mass is 35.5. The van der Waals surface area contributed by atoms with Crippen molar-refractivity contribution in [2.24, 2.45) is 0 Å². The Bertz CT molecular complexity index is 703. The number of amides is 1. The maximum atomic E-state index is 13.7. The molecule has 21 heavy (non-hydrogen) atoms. The van der Waals surface area contributed by atoms with Crippen LogP contribution in [0.2, 0.25) is 5.02 Å². The molecule has 4 nitrogen and oxygen atoms in total. The third-order valence-electron chi connectivity index (χ3n) is 3.25. The van der Waals surface area contributed by atoms with Crippen LogP contribution in [0.4, 0.5) is 8.78 Å². The molecule has 2 aromatic rings. The third-order valence-corrected chi connectivity index (χ3v) is 4.28. The van der Waals surface area contributed by atoms with Gasteiger partial charge in [-0.25, -0.2) is 8.78 Å². The van der Waals surface area contributed by atoms with Crippen LogP contribution in [0, 0.1) is 11.6 Å². The number of carbonyl (C=O) groups is 1. The zero-order valence-electron chi connectivity index (χ0n) is 10.7. The van der Waals surface area contributed by atoms with Gasteiger partial charge in [-0.15, -0.1) is 5.10 Å². The zero-order valence-corrected chi connectivity index (χ0v) is 12.3. The maximum absolute atomic E-state index is 13.7. The van der Waals surface area contributed by atoms with E-state index in [0.29, 0.717) is 10.6 Å². The molecule has 8 heteroatoms. The van der Waals surface area contributed by atoms with Gasteiger partial charge in [-0.2, -0.15) is 0 Å². The van der Waals surface area contributed by atoms with Crippen LogP contribution < -0.4 is 5.32 Å². The number of carbonyl (C=O) groups excluding carboxylic acids is 1. The zero-order chi connectivity index (χ0) is 15.0. The minimum absolute atomic E-state index is 0.182. The Morgan fingerprint density at radius 3 is 2.90 bits per heavy atom. The van der Waals surface area contributed by atoms with Gasteiger partial charge < -0.3 is 5.32 Å². The molecule has 0 unspecified atom stereocenters. The molecule has 110 valence electrons. The number of nitrogens with one attached hydrogen (secondary N) is 1. The Balaban J connectivity index is 1.74. The average Bonchev–Trinajstić information content (AvgIpc) is 3.20. The summed E-state index contributed by atoms with van der Waals surface area (Å²) in [5.41, 5.74) is 0.408. The molecule has 1 aliphatic rings. The van der Waals surface area contributed by atoms with Crippen molar-refractivity contribution < 1.29 is 13.6 Å². The van der Waals surface area contributed by atoms with Crippen molar-refractivity contribution in [3.63, 3.8) is 0 Å². The van der Waals surface area contributed by atoms with E-state index in [-0.39, 0.29) is 23.0 Å². The van der Waals surface area contributed by atoms with Gasteiger partial charge in [-0.3, -0.25) is 4.79 Å². The molecule has 1 amide bonds. The van der Waals surface area contributed by atoms with Gasteiger partial charge in [0.25, 0.3) is 5.91 Å². The second-order valence-electron chi connectivity index (χ2n) is 4.77. The molecule has 1 aromatic carbocycles. The van der Waals surface area contributed by atoms with E-state index in [0.717, 1.165) is 36.5 Å². The summed E-state index contributed by atoms with van der Waals surface area (Å²) in [5, 5.41) is 6.25. The molecule has 3 rings (SSSR count). The van der Waals surface area contributed by atoms with Crippen molar-refractivity contribution in [3.8, 4) is 0 Å². The molecule has 1 N–H and O–H groups in total. The van der Waals surface area contributed by atoms with Crippen molar-refractivity contribution >= 4 is 29.0 Å². The minimum atomic E-state index is -0.859. The molecule has 1 saturated carbocycles. The SMILES string of the molecule is O=C(NCc1c(F)ccc(Cl)c1F)c1snnc1C1CC1. The summed E-state index contributed by atoms with van der Waals surface area (Å²) in [7, 11) is 0. The first-order chi connectivity index (χ1) is 10.1. The highest BCUT2D eigenvalue weighted by Crippen LogP contribution is 2.41. The molecule has 0 atom stereocenters. The van der Waals surface area contributed by atoms with Crippen LogP contribution in [0.5, 0.6) is 0 Å². The normalized spacial score (nSPS) is 14.2. The lowest BCUT2D eigenvalue weighted by Gasteiger charge is -2.08. The number of rotatable bonds is 4. The van der Waals surface area contributed by atoms with Gasteiger partial charge in [0.2, 0.25) is 0 Å². The van der Waals surface area contributed by atoms with Crippen LogP contribution in [-0.2, 0) is 6.54 Å². The fourth-order valence-corrected chi connectivity index (χ4v) is 2.80. The lowest BCUT2D eigenvalue weighted by molar-refractivity contribution is 0.0953. The maximum Gasteiger partial charge on any atom is 0.265 e. The van der Waals surface area contributed by atoms with Crippen molar-refractivity contribution in [1.82, 2.24) is 14.9 Å². The van der Waals surface area contributed by atoms with E-state index < -0.39 is 17.5 Å². The molecule has 1 aliphatic carbocycles. The molecule has 1 fully saturated rings. The molecule has 0 spiro atoms. The lowest BCUT2D eigenvalue weighted by Crippen LogP contribution is -2.24. The second-order valence-corrected chi connectivity index (χ2v) is 5.93. The topological polar surface area (TPSA) is 54.9 Å². The van der Waals surface area contributed by atoms with E-state index in [1.54, 1.807) is 0 Å². The summed E-state index contributed by atoms with van der Waals surface area (Å²) >= 11 is 6.59. The average molecular weight is 330 g/mol. The molecule has 0 saturated heterocycles. The fourth-order valence-electron chi connectivity index (χ4n) is 1.96. The van der Waals surface area contributed by atoms with E-state index in [4.69, 9.17) is 11.6 Å².